The van der Waals surface area contributed by atoms with Crippen LogP contribution in [0, 0.1) is 10.1 Å². The van der Waals surface area contributed by atoms with Crippen molar-refractivity contribution >= 4 is 23.1 Å². The highest BCUT2D eigenvalue weighted by molar-refractivity contribution is 6.31. The normalized spacial score (nSPS) is 11.9. The summed E-state index contributed by atoms with van der Waals surface area (Å²) in [5.41, 5.74) is 0.213. The Morgan fingerprint density at radius 3 is 2.71 bits per heavy atom. The second-order valence-electron chi connectivity index (χ2n) is 3.39. The van der Waals surface area contributed by atoms with Crippen molar-refractivity contribution < 1.29 is 14.5 Å². The number of nitro benzene ring substituents is 1. The molecule has 0 N–H and O–H groups in total. The number of hydrogen-bond acceptors (Lipinski definition) is 4. The van der Waals surface area contributed by atoms with Gasteiger partial charge in [0.05, 0.1) is 11.5 Å². The molecule has 1 aromatic carbocycles. The molecular formula is C11H12ClNO4. The smallest absolute Gasteiger partial charge is 0.270 e. The summed E-state index contributed by atoms with van der Waals surface area (Å²) in [6.45, 7) is 3.50. The zero-order chi connectivity index (χ0) is 13.0. The molecule has 0 saturated carbocycles. The molecule has 92 valence electrons. The summed E-state index contributed by atoms with van der Waals surface area (Å²) in [4.78, 5) is 21.3. The number of non-ortho nitro benzene ring substituents is 1. The molecule has 0 aromatic heterocycles. The van der Waals surface area contributed by atoms with Crippen molar-refractivity contribution in [3.05, 3.63) is 33.9 Å². The number of Topliss-reactive ketones (excluding diaryl/α,β-unsaturated/α-hetero) is 1. The van der Waals surface area contributed by atoms with Crippen molar-refractivity contribution in [2.24, 2.45) is 0 Å². The summed E-state index contributed by atoms with van der Waals surface area (Å²) < 4.78 is 5.28. The van der Waals surface area contributed by atoms with Crippen LogP contribution >= 0.6 is 11.6 Å². The highest BCUT2D eigenvalue weighted by Crippen LogP contribution is 2.33. The van der Waals surface area contributed by atoms with E-state index >= 15 is 0 Å². The number of alkyl halides is 1. The third kappa shape index (κ3) is 3.17. The number of nitro groups is 1. The lowest BCUT2D eigenvalue weighted by Gasteiger charge is -2.12. The van der Waals surface area contributed by atoms with Crippen molar-refractivity contribution in [1.29, 1.82) is 0 Å². The molecule has 1 aromatic rings. The van der Waals surface area contributed by atoms with Crippen molar-refractivity contribution in [1.82, 2.24) is 0 Å². The topological polar surface area (TPSA) is 69.4 Å². The fraction of sp³-hybridized carbons (Fsp3) is 0.364. The molecule has 1 atom stereocenters. The van der Waals surface area contributed by atoms with Crippen LogP contribution in [0.3, 0.4) is 0 Å². The first-order valence-electron chi connectivity index (χ1n) is 5.03. The van der Waals surface area contributed by atoms with Gasteiger partial charge in [0.1, 0.15) is 11.1 Å². The Morgan fingerprint density at radius 1 is 1.59 bits per heavy atom. The number of halogens is 1. The van der Waals surface area contributed by atoms with Gasteiger partial charge in [-0.05, 0) is 19.9 Å². The lowest BCUT2D eigenvalue weighted by atomic mass is 10.1. The highest BCUT2D eigenvalue weighted by atomic mass is 35.5. The number of ether oxygens (including phenoxy) is 1. The standard InChI is InChI=1S/C11H12ClNO4/c1-3-17-10-5-4-8(13(15)16)6-9(10)11(12)7(2)14/h4-6,11H,3H2,1-2H3. The molecular weight excluding hydrogens is 246 g/mol. The molecule has 0 bridgehead atoms. The van der Waals surface area contributed by atoms with Gasteiger partial charge in [-0.1, -0.05) is 0 Å². The summed E-state index contributed by atoms with van der Waals surface area (Å²) in [6.07, 6.45) is 0. The minimum atomic E-state index is -0.934. The maximum Gasteiger partial charge on any atom is 0.270 e. The molecule has 0 saturated heterocycles. The number of carbonyl (C=O) groups excluding carboxylic acids is 1. The Bertz CT molecular complexity index is 447. The van der Waals surface area contributed by atoms with Crippen LogP contribution in [0.15, 0.2) is 18.2 Å². The molecule has 0 spiro atoms. The molecule has 0 aliphatic rings. The molecule has 1 unspecified atom stereocenters. The van der Waals surface area contributed by atoms with Crippen molar-refractivity contribution in [3.8, 4) is 5.75 Å². The van der Waals surface area contributed by atoms with E-state index in [1.807, 2.05) is 0 Å². The Labute approximate surface area is 103 Å². The van der Waals surface area contributed by atoms with Gasteiger partial charge in [0.25, 0.3) is 5.69 Å². The van der Waals surface area contributed by atoms with E-state index in [1.165, 1.54) is 25.1 Å². The first-order chi connectivity index (χ1) is 7.97. The fourth-order valence-corrected chi connectivity index (χ4v) is 1.52. The van der Waals surface area contributed by atoms with E-state index in [0.717, 1.165) is 0 Å². The van der Waals surface area contributed by atoms with Gasteiger partial charge in [0.2, 0.25) is 0 Å². The summed E-state index contributed by atoms with van der Waals surface area (Å²) in [5.74, 6) is 0.112. The minimum absolute atomic E-state index is 0.115. The summed E-state index contributed by atoms with van der Waals surface area (Å²) in [7, 11) is 0. The third-order valence-corrected chi connectivity index (χ3v) is 2.68. The third-order valence-electron chi connectivity index (χ3n) is 2.13. The maximum absolute atomic E-state index is 11.2. The maximum atomic E-state index is 11.2. The zero-order valence-corrected chi connectivity index (χ0v) is 10.2. The van der Waals surface area contributed by atoms with Crippen molar-refractivity contribution in [2.75, 3.05) is 6.61 Å². The van der Waals surface area contributed by atoms with Gasteiger partial charge in [0.15, 0.2) is 5.78 Å². The predicted octanol–water partition coefficient (Wildman–Crippen LogP) is 2.86. The van der Waals surface area contributed by atoms with Gasteiger partial charge >= 0.3 is 0 Å². The molecule has 0 radical (unpaired) electrons. The van der Waals surface area contributed by atoms with Crippen LogP contribution in [0.1, 0.15) is 24.8 Å². The van der Waals surface area contributed by atoms with Gasteiger partial charge in [0, 0.05) is 17.7 Å². The summed E-state index contributed by atoms with van der Waals surface area (Å²) in [5, 5.41) is 9.72. The molecule has 17 heavy (non-hydrogen) atoms. The Kier molecular flexibility index (Phi) is 4.45. The lowest BCUT2D eigenvalue weighted by Crippen LogP contribution is -2.06. The molecule has 0 aliphatic heterocycles. The lowest BCUT2D eigenvalue weighted by molar-refractivity contribution is -0.384. The van der Waals surface area contributed by atoms with Crippen LogP contribution in [-0.4, -0.2) is 17.3 Å². The first kappa shape index (κ1) is 13.4. The monoisotopic (exact) mass is 257 g/mol. The van der Waals surface area contributed by atoms with Crippen molar-refractivity contribution in [2.45, 2.75) is 19.2 Å². The Morgan fingerprint density at radius 2 is 2.24 bits per heavy atom. The largest absolute Gasteiger partial charge is 0.494 e. The van der Waals surface area contributed by atoms with E-state index in [2.05, 4.69) is 0 Å². The minimum Gasteiger partial charge on any atom is -0.494 e. The van der Waals surface area contributed by atoms with E-state index in [9.17, 15) is 14.9 Å². The molecule has 5 nitrogen and oxygen atoms in total. The number of hydrogen-bond donors (Lipinski definition) is 0. The molecule has 0 aliphatic carbocycles. The SMILES string of the molecule is CCOc1ccc([N+](=O)[O-])cc1C(Cl)C(C)=O. The Balaban J connectivity index is 3.24. The van der Waals surface area contributed by atoms with E-state index < -0.39 is 10.3 Å². The number of rotatable bonds is 5. The second kappa shape index (κ2) is 5.63. The Hall–Kier alpha value is -1.62. The summed E-state index contributed by atoms with van der Waals surface area (Å²) >= 11 is 5.91. The quantitative estimate of drug-likeness (QED) is 0.462. The average molecular weight is 258 g/mol. The predicted molar refractivity (Wildman–Crippen MR) is 63.5 cm³/mol. The number of ketones is 1. The number of benzene rings is 1. The van der Waals surface area contributed by atoms with Gasteiger partial charge in [-0.25, -0.2) is 0 Å². The number of carbonyl (C=O) groups is 1. The molecule has 6 heteroatoms. The van der Waals surface area contributed by atoms with Crippen LogP contribution in [-0.2, 0) is 4.79 Å². The van der Waals surface area contributed by atoms with Gasteiger partial charge in [-0.3, -0.25) is 14.9 Å². The average Bonchev–Trinajstić information content (AvgIpc) is 2.28. The van der Waals surface area contributed by atoms with Crippen LogP contribution in [0.5, 0.6) is 5.75 Å². The van der Waals surface area contributed by atoms with E-state index in [4.69, 9.17) is 16.3 Å². The van der Waals surface area contributed by atoms with Gasteiger partial charge < -0.3 is 4.74 Å². The van der Waals surface area contributed by atoms with Crippen LogP contribution < -0.4 is 4.74 Å². The van der Waals surface area contributed by atoms with Crippen LogP contribution in [0.2, 0.25) is 0 Å². The zero-order valence-electron chi connectivity index (χ0n) is 9.47. The van der Waals surface area contributed by atoms with Crippen LogP contribution in [0.4, 0.5) is 5.69 Å². The van der Waals surface area contributed by atoms with E-state index in [1.54, 1.807) is 6.92 Å². The van der Waals surface area contributed by atoms with E-state index in [-0.39, 0.29) is 11.5 Å². The molecule has 0 amide bonds. The fourth-order valence-electron chi connectivity index (χ4n) is 1.35. The highest BCUT2D eigenvalue weighted by Gasteiger charge is 2.21. The molecule has 0 heterocycles. The summed E-state index contributed by atoms with van der Waals surface area (Å²) in [6, 6.07) is 4.04. The van der Waals surface area contributed by atoms with E-state index in [0.29, 0.717) is 17.9 Å². The first-order valence-corrected chi connectivity index (χ1v) is 5.46. The van der Waals surface area contributed by atoms with Gasteiger partial charge in [-0.2, -0.15) is 0 Å². The van der Waals surface area contributed by atoms with Crippen molar-refractivity contribution in [3.63, 3.8) is 0 Å². The number of nitrogens with zero attached hydrogens (tertiary/aromatic N) is 1. The van der Waals surface area contributed by atoms with Gasteiger partial charge in [-0.15, -0.1) is 11.6 Å². The second-order valence-corrected chi connectivity index (χ2v) is 3.82. The molecule has 0 fully saturated rings. The van der Waals surface area contributed by atoms with Crippen LogP contribution in [0.25, 0.3) is 0 Å². The molecule has 1 rings (SSSR count).